The Kier molecular flexibility index (Phi) is 4.32. The van der Waals surface area contributed by atoms with Gasteiger partial charge in [0.1, 0.15) is 0 Å². The Labute approximate surface area is 104 Å². The third-order valence-corrected chi connectivity index (χ3v) is 3.39. The van der Waals surface area contributed by atoms with Crippen molar-refractivity contribution in [1.82, 2.24) is 15.5 Å². The lowest BCUT2D eigenvalue weighted by atomic mass is 10.2. The first-order chi connectivity index (χ1) is 8.34. The van der Waals surface area contributed by atoms with Gasteiger partial charge < -0.3 is 5.32 Å². The van der Waals surface area contributed by atoms with Gasteiger partial charge in [-0.05, 0) is 23.9 Å². The monoisotopic (exact) mass is 249 g/mol. The summed E-state index contributed by atoms with van der Waals surface area (Å²) in [6.07, 6.45) is 3.90. The molecule has 2 aromatic rings. The first-order valence-electron chi connectivity index (χ1n) is 5.62. The molecular weight excluding hydrogens is 234 g/mol. The van der Waals surface area contributed by atoms with E-state index in [-0.39, 0.29) is 5.91 Å². The molecule has 2 heterocycles. The molecule has 90 valence electrons. The summed E-state index contributed by atoms with van der Waals surface area (Å²) in [7, 11) is 0. The number of carbonyl (C=O) groups excluding carboxylic acids is 1. The van der Waals surface area contributed by atoms with Crippen molar-refractivity contribution in [2.45, 2.75) is 19.3 Å². The highest BCUT2D eigenvalue weighted by Gasteiger charge is 2.02. The van der Waals surface area contributed by atoms with Crippen LogP contribution in [0.25, 0.3) is 0 Å². The van der Waals surface area contributed by atoms with Crippen LogP contribution in [0.15, 0.2) is 29.8 Å². The minimum absolute atomic E-state index is 0.109. The number of aromatic amines is 1. The Morgan fingerprint density at radius 1 is 1.41 bits per heavy atom. The number of thiophene rings is 1. The van der Waals surface area contributed by atoms with Gasteiger partial charge in [0.25, 0.3) is 0 Å². The molecule has 0 radical (unpaired) electrons. The van der Waals surface area contributed by atoms with Crippen LogP contribution >= 0.6 is 11.3 Å². The summed E-state index contributed by atoms with van der Waals surface area (Å²) in [6, 6.07) is 5.98. The van der Waals surface area contributed by atoms with Gasteiger partial charge in [0.15, 0.2) is 0 Å². The number of aromatic nitrogens is 2. The Hall–Kier alpha value is -1.62. The van der Waals surface area contributed by atoms with Gasteiger partial charge in [0.2, 0.25) is 5.91 Å². The van der Waals surface area contributed by atoms with Crippen molar-refractivity contribution in [1.29, 1.82) is 0 Å². The highest BCUT2D eigenvalue weighted by molar-refractivity contribution is 7.09. The summed E-state index contributed by atoms with van der Waals surface area (Å²) in [5.41, 5.74) is 1.04. The minimum Gasteiger partial charge on any atom is -0.356 e. The smallest absolute Gasteiger partial charge is 0.220 e. The molecule has 2 aromatic heterocycles. The van der Waals surface area contributed by atoms with E-state index in [1.54, 1.807) is 17.5 Å². The quantitative estimate of drug-likeness (QED) is 0.819. The van der Waals surface area contributed by atoms with Crippen LogP contribution in [0.1, 0.15) is 17.0 Å². The predicted molar refractivity (Wildman–Crippen MR) is 67.9 cm³/mol. The van der Waals surface area contributed by atoms with Gasteiger partial charge in [-0.2, -0.15) is 5.10 Å². The Bertz CT molecular complexity index is 436. The van der Waals surface area contributed by atoms with Crippen molar-refractivity contribution in [2.75, 3.05) is 6.54 Å². The van der Waals surface area contributed by atoms with Crippen molar-refractivity contribution >= 4 is 17.2 Å². The van der Waals surface area contributed by atoms with Crippen LogP contribution in [0.4, 0.5) is 0 Å². The number of nitrogens with one attached hydrogen (secondary N) is 2. The third kappa shape index (κ3) is 4.03. The topological polar surface area (TPSA) is 57.8 Å². The number of hydrogen-bond acceptors (Lipinski definition) is 3. The summed E-state index contributed by atoms with van der Waals surface area (Å²) < 4.78 is 0. The van der Waals surface area contributed by atoms with Crippen LogP contribution in [0.2, 0.25) is 0 Å². The Morgan fingerprint density at radius 3 is 3.06 bits per heavy atom. The molecule has 17 heavy (non-hydrogen) atoms. The summed E-state index contributed by atoms with van der Waals surface area (Å²) in [6.45, 7) is 0.658. The lowest BCUT2D eigenvalue weighted by Crippen LogP contribution is -2.25. The molecule has 4 nitrogen and oxygen atoms in total. The third-order valence-electron chi connectivity index (χ3n) is 2.45. The average Bonchev–Trinajstić information content (AvgIpc) is 2.99. The molecule has 0 atom stereocenters. The van der Waals surface area contributed by atoms with E-state index in [1.807, 2.05) is 17.5 Å². The van der Waals surface area contributed by atoms with Crippen molar-refractivity contribution in [3.63, 3.8) is 0 Å². The SMILES string of the molecule is O=C(CCc1cccs1)NCCc1ccn[nH]1. The zero-order valence-corrected chi connectivity index (χ0v) is 10.3. The second-order valence-electron chi connectivity index (χ2n) is 3.76. The van der Waals surface area contributed by atoms with E-state index in [0.717, 1.165) is 18.5 Å². The fourth-order valence-corrected chi connectivity index (χ4v) is 2.25. The summed E-state index contributed by atoms with van der Waals surface area (Å²) >= 11 is 1.69. The molecule has 0 aliphatic rings. The molecule has 2 N–H and O–H groups in total. The van der Waals surface area contributed by atoms with E-state index in [0.29, 0.717) is 13.0 Å². The molecular formula is C12H15N3OS. The van der Waals surface area contributed by atoms with Gasteiger partial charge in [-0.25, -0.2) is 0 Å². The van der Waals surface area contributed by atoms with E-state index >= 15 is 0 Å². The average molecular weight is 249 g/mol. The molecule has 0 aromatic carbocycles. The molecule has 0 saturated heterocycles. The van der Waals surface area contributed by atoms with Crippen LogP contribution < -0.4 is 5.32 Å². The largest absolute Gasteiger partial charge is 0.356 e. The molecule has 0 aliphatic carbocycles. The number of carbonyl (C=O) groups is 1. The van der Waals surface area contributed by atoms with E-state index in [2.05, 4.69) is 21.6 Å². The first kappa shape index (κ1) is 11.9. The first-order valence-corrected chi connectivity index (χ1v) is 6.50. The van der Waals surface area contributed by atoms with E-state index < -0.39 is 0 Å². The Balaban J connectivity index is 1.61. The maximum atomic E-state index is 11.5. The molecule has 0 spiro atoms. The number of amides is 1. The van der Waals surface area contributed by atoms with Gasteiger partial charge in [-0.1, -0.05) is 6.07 Å². The van der Waals surface area contributed by atoms with E-state index in [4.69, 9.17) is 0 Å². The number of nitrogens with zero attached hydrogens (tertiary/aromatic N) is 1. The van der Waals surface area contributed by atoms with Crippen LogP contribution in [0.5, 0.6) is 0 Å². The maximum Gasteiger partial charge on any atom is 0.220 e. The standard InChI is InChI=1S/C12H15N3OS/c16-12(4-3-11-2-1-9-17-11)13-7-5-10-6-8-14-15-10/h1-2,6,8-9H,3-5,7H2,(H,13,16)(H,14,15). The normalized spacial score (nSPS) is 10.4. The fourth-order valence-electron chi connectivity index (χ4n) is 1.54. The second kappa shape index (κ2) is 6.20. The number of rotatable bonds is 6. The van der Waals surface area contributed by atoms with Crippen molar-refractivity contribution in [3.8, 4) is 0 Å². The van der Waals surface area contributed by atoms with Crippen LogP contribution in [-0.2, 0) is 17.6 Å². The van der Waals surface area contributed by atoms with Crippen molar-refractivity contribution < 1.29 is 4.79 Å². The minimum atomic E-state index is 0.109. The lowest BCUT2D eigenvalue weighted by Gasteiger charge is -2.03. The van der Waals surface area contributed by atoms with Crippen LogP contribution in [0.3, 0.4) is 0 Å². The molecule has 0 fully saturated rings. The van der Waals surface area contributed by atoms with Crippen molar-refractivity contribution in [3.05, 3.63) is 40.3 Å². The molecule has 0 bridgehead atoms. The Morgan fingerprint density at radius 2 is 2.35 bits per heavy atom. The van der Waals surface area contributed by atoms with Gasteiger partial charge in [0.05, 0.1) is 0 Å². The van der Waals surface area contributed by atoms with Crippen LogP contribution in [-0.4, -0.2) is 22.6 Å². The molecule has 2 rings (SSSR count). The molecule has 1 amide bonds. The van der Waals surface area contributed by atoms with Gasteiger partial charge in [0, 0.05) is 36.2 Å². The molecule has 0 unspecified atom stereocenters. The highest BCUT2D eigenvalue weighted by Crippen LogP contribution is 2.10. The maximum absolute atomic E-state index is 11.5. The molecule has 0 aliphatic heterocycles. The van der Waals surface area contributed by atoms with Gasteiger partial charge >= 0.3 is 0 Å². The van der Waals surface area contributed by atoms with Crippen LogP contribution in [0, 0.1) is 0 Å². The van der Waals surface area contributed by atoms with Crippen molar-refractivity contribution in [2.24, 2.45) is 0 Å². The highest BCUT2D eigenvalue weighted by atomic mass is 32.1. The van der Waals surface area contributed by atoms with E-state index in [9.17, 15) is 4.79 Å². The summed E-state index contributed by atoms with van der Waals surface area (Å²) in [4.78, 5) is 12.8. The zero-order chi connectivity index (χ0) is 11.9. The fraction of sp³-hybridized carbons (Fsp3) is 0.333. The van der Waals surface area contributed by atoms with E-state index in [1.165, 1.54) is 4.88 Å². The van der Waals surface area contributed by atoms with Gasteiger partial charge in [-0.15, -0.1) is 11.3 Å². The number of H-pyrrole nitrogens is 1. The molecule has 5 heteroatoms. The number of aryl methyl sites for hydroxylation is 1. The molecule has 0 saturated carbocycles. The summed E-state index contributed by atoms with van der Waals surface area (Å²) in [5, 5.41) is 11.7. The summed E-state index contributed by atoms with van der Waals surface area (Å²) in [5.74, 6) is 0.109. The second-order valence-corrected chi connectivity index (χ2v) is 4.79. The number of hydrogen-bond donors (Lipinski definition) is 2. The lowest BCUT2D eigenvalue weighted by molar-refractivity contribution is -0.121. The van der Waals surface area contributed by atoms with Gasteiger partial charge in [-0.3, -0.25) is 9.89 Å². The zero-order valence-electron chi connectivity index (χ0n) is 9.48. The predicted octanol–water partition coefficient (Wildman–Crippen LogP) is 1.76.